The molecule has 0 fully saturated rings. The van der Waals surface area contributed by atoms with Crippen LogP contribution in [0.25, 0.3) is 0 Å². The van der Waals surface area contributed by atoms with Crippen molar-refractivity contribution in [3.8, 4) is 0 Å². The Balaban J connectivity index is 0.00000364. The van der Waals surface area contributed by atoms with Crippen molar-refractivity contribution in [1.29, 1.82) is 0 Å². The molecule has 4 N–H and O–H groups in total. The molecule has 0 amide bonds. The Kier molecular flexibility index (Phi) is 8.70. The molecule has 2 aromatic carbocycles. The minimum Gasteiger partial charge on any atom is -0.356 e. The Morgan fingerprint density at radius 1 is 1.07 bits per heavy atom. The maximum Gasteiger partial charge on any atom is 0.238 e. The number of primary sulfonamides is 1. The van der Waals surface area contributed by atoms with E-state index in [1.54, 1.807) is 19.2 Å². The van der Waals surface area contributed by atoms with Crippen LogP contribution in [-0.4, -0.2) is 28.0 Å². The Hall–Kier alpha value is -1.65. The lowest BCUT2D eigenvalue weighted by Gasteiger charge is -2.26. The SMILES string of the molecule is CN=C(NCc1cccc(S(N)(=O)=O)c1)NCC(C)(C)c1ccccc1.I. The van der Waals surface area contributed by atoms with Gasteiger partial charge in [-0.25, -0.2) is 13.6 Å². The van der Waals surface area contributed by atoms with E-state index < -0.39 is 10.0 Å². The summed E-state index contributed by atoms with van der Waals surface area (Å²) in [7, 11) is -2.00. The first-order valence-corrected chi connectivity index (χ1v) is 9.89. The summed E-state index contributed by atoms with van der Waals surface area (Å²) < 4.78 is 22.9. The fourth-order valence-corrected chi connectivity index (χ4v) is 3.12. The Morgan fingerprint density at radius 2 is 1.74 bits per heavy atom. The molecule has 8 heteroatoms. The van der Waals surface area contributed by atoms with Crippen molar-refractivity contribution < 1.29 is 8.42 Å². The zero-order valence-electron chi connectivity index (χ0n) is 15.8. The quantitative estimate of drug-likeness (QED) is 0.322. The van der Waals surface area contributed by atoms with Gasteiger partial charge in [0, 0.05) is 25.6 Å². The van der Waals surface area contributed by atoms with E-state index in [2.05, 4.69) is 41.6 Å². The van der Waals surface area contributed by atoms with E-state index in [1.807, 2.05) is 24.3 Å². The number of aliphatic imine (C=N–C) groups is 1. The predicted molar refractivity (Wildman–Crippen MR) is 121 cm³/mol. The van der Waals surface area contributed by atoms with Gasteiger partial charge in [0.05, 0.1) is 4.90 Å². The maximum atomic E-state index is 11.4. The molecule has 0 saturated heterocycles. The second-order valence-electron chi connectivity index (χ2n) is 6.72. The first-order valence-electron chi connectivity index (χ1n) is 8.34. The van der Waals surface area contributed by atoms with E-state index in [0.29, 0.717) is 19.0 Å². The lowest BCUT2D eigenvalue weighted by molar-refractivity contribution is 0.508. The summed E-state index contributed by atoms with van der Waals surface area (Å²) in [5.41, 5.74) is 1.98. The molecule has 0 saturated carbocycles. The third-order valence-corrected chi connectivity index (χ3v) is 5.07. The lowest BCUT2D eigenvalue weighted by Crippen LogP contribution is -2.43. The molecule has 0 unspecified atom stereocenters. The molecule has 27 heavy (non-hydrogen) atoms. The Morgan fingerprint density at radius 3 is 2.33 bits per heavy atom. The molecule has 0 heterocycles. The van der Waals surface area contributed by atoms with Gasteiger partial charge in [-0.1, -0.05) is 56.3 Å². The Bertz CT molecular complexity index is 868. The van der Waals surface area contributed by atoms with E-state index in [1.165, 1.54) is 11.6 Å². The van der Waals surface area contributed by atoms with Gasteiger partial charge in [0.15, 0.2) is 5.96 Å². The number of benzene rings is 2. The van der Waals surface area contributed by atoms with Crippen LogP contribution in [0.4, 0.5) is 0 Å². The summed E-state index contributed by atoms with van der Waals surface area (Å²) in [4.78, 5) is 4.32. The predicted octanol–water partition coefficient (Wildman–Crippen LogP) is 2.59. The van der Waals surface area contributed by atoms with Crippen LogP contribution >= 0.6 is 24.0 Å². The number of nitrogens with one attached hydrogen (secondary N) is 2. The normalized spacial score (nSPS) is 12.2. The van der Waals surface area contributed by atoms with Crippen LogP contribution in [-0.2, 0) is 22.0 Å². The number of hydrogen-bond donors (Lipinski definition) is 3. The van der Waals surface area contributed by atoms with Gasteiger partial charge in [-0.3, -0.25) is 4.99 Å². The maximum absolute atomic E-state index is 11.4. The van der Waals surface area contributed by atoms with Gasteiger partial charge >= 0.3 is 0 Å². The zero-order valence-corrected chi connectivity index (χ0v) is 18.9. The van der Waals surface area contributed by atoms with E-state index in [4.69, 9.17) is 5.14 Å². The summed E-state index contributed by atoms with van der Waals surface area (Å²) in [5, 5.41) is 11.7. The van der Waals surface area contributed by atoms with Crippen LogP contribution in [0.2, 0.25) is 0 Å². The highest BCUT2D eigenvalue weighted by atomic mass is 127. The second kappa shape index (κ2) is 10.0. The van der Waals surface area contributed by atoms with Gasteiger partial charge in [0.1, 0.15) is 0 Å². The third-order valence-electron chi connectivity index (χ3n) is 4.16. The van der Waals surface area contributed by atoms with Crippen LogP contribution in [0.3, 0.4) is 0 Å². The molecule has 0 aliphatic heterocycles. The topological polar surface area (TPSA) is 96.6 Å². The van der Waals surface area contributed by atoms with Crippen molar-refractivity contribution in [2.24, 2.45) is 10.1 Å². The van der Waals surface area contributed by atoms with Crippen LogP contribution < -0.4 is 15.8 Å². The van der Waals surface area contributed by atoms with E-state index in [-0.39, 0.29) is 34.3 Å². The highest BCUT2D eigenvalue weighted by Gasteiger charge is 2.20. The standard InChI is InChI=1S/C19H26N4O2S.HI/c1-19(2,16-9-5-4-6-10-16)14-23-18(21-3)22-13-15-8-7-11-17(12-15)26(20,24)25;/h4-12H,13-14H2,1-3H3,(H2,20,24,25)(H2,21,22,23);1H. The minimum absolute atomic E-state index is 0. The fraction of sp³-hybridized carbons (Fsp3) is 0.316. The van der Waals surface area contributed by atoms with Crippen LogP contribution in [0.15, 0.2) is 64.5 Å². The highest BCUT2D eigenvalue weighted by Crippen LogP contribution is 2.21. The molecule has 0 aliphatic rings. The van der Waals surface area contributed by atoms with Gasteiger partial charge in [0.25, 0.3) is 0 Å². The fourth-order valence-electron chi connectivity index (χ4n) is 2.53. The van der Waals surface area contributed by atoms with Crippen molar-refractivity contribution in [3.05, 3.63) is 65.7 Å². The molecule has 0 bridgehead atoms. The van der Waals surface area contributed by atoms with E-state index >= 15 is 0 Å². The summed E-state index contributed by atoms with van der Waals surface area (Å²) in [6, 6.07) is 16.8. The number of sulfonamides is 1. The summed E-state index contributed by atoms with van der Waals surface area (Å²) in [5.74, 6) is 0.648. The minimum atomic E-state index is -3.70. The van der Waals surface area contributed by atoms with Gasteiger partial charge in [-0.15, -0.1) is 24.0 Å². The first kappa shape index (κ1) is 23.4. The Labute approximate surface area is 178 Å². The molecule has 0 radical (unpaired) electrons. The molecular weight excluding hydrogens is 475 g/mol. The lowest BCUT2D eigenvalue weighted by atomic mass is 9.85. The molecule has 148 valence electrons. The highest BCUT2D eigenvalue weighted by molar-refractivity contribution is 14.0. The zero-order chi connectivity index (χ0) is 19.2. The summed E-state index contributed by atoms with van der Waals surface area (Å²) in [6.45, 7) is 5.47. The van der Waals surface area contributed by atoms with Crippen LogP contribution in [0.1, 0.15) is 25.0 Å². The number of nitrogens with two attached hydrogens (primary N) is 1. The second-order valence-corrected chi connectivity index (χ2v) is 8.28. The molecule has 2 aromatic rings. The summed E-state index contributed by atoms with van der Waals surface area (Å²) >= 11 is 0. The monoisotopic (exact) mass is 502 g/mol. The van der Waals surface area contributed by atoms with Gasteiger partial charge in [-0.2, -0.15) is 0 Å². The van der Waals surface area contributed by atoms with Crippen LogP contribution in [0, 0.1) is 0 Å². The number of nitrogens with zero attached hydrogens (tertiary/aromatic N) is 1. The first-order chi connectivity index (χ1) is 12.2. The van der Waals surface area contributed by atoms with Crippen molar-refractivity contribution in [2.45, 2.75) is 30.7 Å². The molecule has 0 atom stereocenters. The number of rotatable bonds is 6. The van der Waals surface area contributed by atoms with Gasteiger partial charge < -0.3 is 10.6 Å². The molecular formula is C19H27IN4O2S. The molecule has 2 rings (SSSR count). The average molecular weight is 502 g/mol. The smallest absolute Gasteiger partial charge is 0.238 e. The van der Waals surface area contributed by atoms with Gasteiger partial charge in [-0.05, 0) is 23.3 Å². The number of hydrogen-bond acceptors (Lipinski definition) is 3. The largest absolute Gasteiger partial charge is 0.356 e. The average Bonchev–Trinajstić information content (AvgIpc) is 2.62. The molecule has 0 aromatic heterocycles. The van der Waals surface area contributed by atoms with Crippen molar-refractivity contribution >= 4 is 40.0 Å². The molecule has 6 nitrogen and oxygen atoms in total. The van der Waals surface area contributed by atoms with Crippen molar-refractivity contribution in [1.82, 2.24) is 10.6 Å². The summed E-state index contributed by atoms with van der Waals surface area (Å²) in [6.07, 6.45) is 0. The number of guanidine groups is 1. The third kappa shape index (κ3) is 7.11. The van der Waals surface area contributed by atoms with E-state index in [0.717, 1.165) is 5.56 Å². The van der Waals surface area contributed by atoms with Gasteiger partial charge in [0.2, 0.25) is 10.0 Å². The van der Waals surface area contributed by atoms with Crippen LogP contribution in [0.5, 0.6) is 0 Å². The molecule has 0 spiro atoms. The number of halogens is 1. The van der Waals surface area contributed by atoms with Crippen molar-refractivity contribution in [3.63, 3.8) is 0 Å². The van der Waals surface area contributed by atoms with Crippen molar-refractivity contribution in [2.75, 3.05) is 13.6 Å². The van der Waals surface area contributed by atoms with E-state index in [9.17, 15) is 8.42 Å². The molecule has 0 aliphatic carbocycles.